The predicted octanol–water partition coefficient (Wildman–Crippen LogP) is 5.97. The second-order valence-corrected chi connectivity index (χ2v) is 16.6. The number of hydrogen-bond donors (Lipinski definition) is 1. The van der Waals surface area contributed by atoms with E-state index in [2.05, 4.69) is 20.6 Å². The van der Waals surface area contributed by atoms with Gasteiger partial charge in [0, 0.05) is 37.8 Å². The third kappa shape index (κ3) is 6.43. The van der Waals surface area contributed by atoms with Crippen LogP contribution >= 0.6 is 11.6 Å². The van der Waals surface area contributed by atoms with Crippen LogP contribution in [0.2, 0.25) is 5.02 Å². The third-order valence-corrected chi connectivity index (χ3v) is 13.7. The lowest BCUT2D eigenvalue weighted by Crippen LogP contribution is -2.55. The summed E-state index contributed by atoms with van der Waals surface area (Å²) in [5, 5.41) is -0.634. The number of nitrogens with zero attached hydrogens (tertiary/aromatic N) is 2. The standard InChI is InChI=1S/C36H45ClFN3O5S/c1-22-23(2)47(43,44)39-36(42)24-8-11-33-32(19-24)41(20-25-7-10-31(37)34(38)29(25)5-3-4-14-46-33)21-26-6-9-30(26)35(28-17-27(22)18-28)40-12-15-45-16-13-40/h7-8,10-11,17,19,22-23,26-27,30,35H,3-6,9,12-16,18,20-21H2,1-2H3,(H,39,42)/t22-,23-,26+,27+,30-,35?/m1/s1. The quantitative estimate of drug-likeness (QED) is 0.370. The van der Waals surface area contributed by atoms with E-state index in [0.29, 0.717) is 68.2 Å². The molecule has 1 amide bonds. The Hall–Kier alpha value is -2.66. The van der Waals surface area contributed by atoms with Crippen LogP contribution in [0.3, 0.4) is 0 Å². The molecule has 47 heavy (non-hydrogen) atoms. The number of anilines is 1. The summed E-state index contributed by atoms with van der Waals surface area (Å²) in [5.41, 5.74) is 3.83. The molecule has 1 N–H and O–H groups in total. The average Bonchev–Trinajstić information content (AvgIpc) is 3.06. The van der Waals surface area contributed by atoms with Crippen molar-refractivity contribution in [3.63, 3.8) is 0 Å². The van der Waals surface area contributed by atoms with Gasteiger partial charge in [0.05, 0.1) is 35.8 Å². The molecule has 0 radical (unpaired) electrons. The van der Waals surface area contributed by atoms with E-state index in [9.17, 15) is 13.2 Å². The zero-order valence-corrected chi connectivity index (χ0v) is 28.8. The van der Waals surface area contributed by atoms with Gasteiger partial charge in [-0.15, -0.1) is 0 Å². The molecule has 8 nitrogen and oxygen atoms in total. The van der Waals surface area contributed by atoms with Gasteiger partial charge in [0.1, 0.15) is 11.6 Å². The van der Waals surface area contributed by atoms with Crippen LogP contribution in [-0.4, -0.2) is 70.0 Å². The largest absolute Gasteiger partial charge is 0.491 e. The topological polar surface area (TPSA) is 88.2 Å². The molecule has 2 fully saturated rings. The molecule has 2 aliphatic carbocycles. The fourth-order valence-corrected chi connectivity index (χ4v) is 9.76. The molecule has 6 atom stereocenters. The molecule has 254 valence electrons. The highest BCUT2D eigenvalue weighted by atomic mass is 35.5. The van der Waals surface area contributed by atoms with Gasteiger partial charge in [0.2, 0.25) is 10.0 Å². The maximum Gasteiger partial charge on any atom is 0.264 e. The lowest BCUT2D eigenvalue weighted by Gasteiger charge is -2.52. The smallest absolute Gasteiger partial charge is 0.264 e. The fourth-order valence-electron chi connectivity index (χ4n) is 8.26. The molecular formula is C36H45ClFN3O5S. The molecule has 1 saturated carbocycles. The summed E-state index contributed by atoms with van der Waals surface area (Å²) in [6.07, 6.45) is 7.37. The Bertz CT molecular complexity index is 1660. The summed E-state index contributed by atoms with van der Waals surface area (Å²) in [4.78, 5) is 18.4. The van der Waals surface area contributed by atoms with Gasteiger partial charge < -0.3 is 14.4 Å². The van der Waals surface area contributed by atoms with Crippen LogP contribution in [0.15, 0.2) is 42.0 Å². The van der Waals surface area contributed by atoms with Crippen molar-refractivity contribution in [2.75, 3.05) is 44.4 Å². The Morgan fingerprint density at radius 3 is 2.57 bits per heavy atom. The number of carbonyl (C=O) groups excluding carboxylic acids is 1. The number of rotatable bonds is 1. The van der Waals surface area contributed by atoms with E-state index in [-0.39, 0.29) is 34.3 Å². The Balaban J connectivity index is 1.34. The van der Waals surface area contributed by atoms with Crippen LogP contribution in [0.4, 0.5) is 10.1 Å². The number of morpholine rings is 1. The molecule has 11 heteroatoms. The van der Waals surface area contributed by atoms with E-state index >= 15 is 4.39 Å². The first-order valence-electron chi connectivity index (χ1n) is 17.2. The van der Waals surface area contributed by atoms with Crippen LogP contribution in [-0.2, 0) is 27.7 Å². The van der Waals surface area contributed by atoms with Gasteiger partial charge in [-0.2, -0.15) is 0 Å². The minimum Gasteiger partial charge on any atom is -0.491 e. The monoisotopic (exact) mass is 685 g/mol. The minimum atomic E-state index is -3.95. The van der Waals surface area contributed by atoms with Gasteiger partial charge in [-0.05, 0) is 105 Å². The number of nitrogens with one attached hydrogen (secondary N) is 1. The fraction of sp³-hybridized carbons (Fsp3) is 0.583. The highest BCUT2D eigenvalue weighted by molar-refractivity contribution is 7.90. The second kappa shape index (κ2) is 13.3. The van der Waals surface area contributed by atoms with Crippen LogP contribution in [0.1, 0.15) is 67.4 Å². The zero-order chi connectivity index (χ0) is 32.9. The Kier molecular flexibility index (Phi) is 9.32. The maximum absolute atomic E-state index is 15.5. The van der Waals surface area contributed by atoms with E-state index in [1.807, 2.05) is 13.0 Å². The first kappa shape index (κ1) is 32.9. The molecule has 0 spiro atoms. The predicted molar refractivity (Wildman–Crippen MR) is 181 cm³/mol. The van der Waals surface area contributed by atoms with Crippen molar-refractivity contribution in [1.82, 2.24) is 9.62 Å². The number of allylic oxidation sites excluding steroid dienone is 1. The number of amides is 1. The molecule has 0 aromatic heterocycles. The lowest BCUT2D eigenvalue weighted by molar-refractivity contribution is -0.0160. The van der Waals surface area contributed by atoms with E-state index in [1.165, 1.54) is 5.57 Å². The van der Waals surface area contributed by atoms with Crippen molar-refractivity contribution in [2.45, 2.75) is 70.2 Å². The van der Waals surface area contributed by atoms with Crippen molar-refractivity contribution < 1.29 is 27.1 Å². The molecule has 8 rings (SSSR count). The average molecular weight is 686 g/mol. The molecule has 4 aliphatic heterocycles. The molecule has 4 heterocycles. The molecule has 1 unspecified atom stereocenters. The third-order valence-electron chi connectivity index (χ3n) is 11.5. The maximum atomic E-state index is 15.5. The first-order chi connectivity index (χ1) is 22.6. The molecular weight excluding hydrogens is 641 g/mol. The number of hydrogen-bond acceptors (Lipinski definition) is 7. The van der Waals surface area contributed by atoms with Crippen LogP contribution < -0.4 is 14.4 Å². The van der Waals surface area contributed by atoms with Crippen molar-refractivity contribution in [1.29, 1.82) is 0 Å². The zero-order valence-electron chi connectivity index (χ0n) is 27.2. The Morgan fingerprint density at radius 1 is 1.04 bits per heavy atom. The normalized spacial score (nSPS) is 31.4. The SMILES string of the molecule is C[C@@H]1[C@@H](C)S(=O)(=O)NC(=O)c2ccc3c(c2)N(Cc2ccc(Cl)c(F)c2CCCCO3)C[C@@H]2CC[C@H]2C(N2CCOCC2)C2=C[C@H]1C2. The summed E-state index contributed by atoms with van der Waals surface area (Å²) in [5.74, 6) is 0.365. The van der Waals surface area contributed by atoms with Gasteiger partial charge in [0.15, 0.2) is 0 Å². The lowest BCUT2D eigenvalue weighted by atomic mass is 9.63. The van der Waals surface area contributed by atoms with Gasteiger partial charge in [-0.25, -0.2) is 17.5 Å². The first-order valence-corrected chi connectivity index (χ1v) is 19.1. The summed E-state index contributed by atoms with van der Waals surface area (Å²) >= 11 is 6.27. The Morgan fingerprint density at radius 2 is 1.83 bits per heavy atom. The highest BCUT2D eigenvalue weighted by Gasteiger charge is 2.46. The van der Waals surface area contributed by atoms with Crippen molar-refractivity contribution >= 4 is 33.2 Å². The van der Waals surface area contributed by atoms with Crippen molar-refractivity contribution in [3.8, 4) is 5.75 Å². The van der Waals surface area contributed by atoms with E-state index < -0.39 is 21.2 Å². The minimum absolute atomic E-state index is 0.117. The summed E-state index contributed by atoms with van der Waals surface area (Å²) in [7, 11) is -3.95. The molecule has 2 aromatic carbocycles. The molecule has 4 bridgehead atoms. The van der Waals surface area contributed by atoms with Crippen molar-refractivity contribution in [3.05, 3.63) is 69.5 Å². The number of ether oxygens (including phenoxy) is 2. The molecule has 1 saturated heterocycles. The molecule has 6 aliphatic rings. The number of halogens is 2. The van der Waals surface area contributed by atoms with Crippen LogP contribution in [0, 0.1) is 29.5 Å². The van der Waals surface area contributed by atoms with Crippen LogP contribution in [0.5, 0.6) is 5.75 Å². The Labute approximate surface area is 282 Å². The van der Waals surface area contributed by atoms with E-state index in [4.69, 9.17) is 21.1 Å². The summed E-state index contributed by atoms with van der Waals surface area (Å²) in [6.45, 7) is 8.39. The number of fused-ring (bicyclic) bond motifs is 5. The second-order valence-electron chi connectivity index (χ2n) is 14.1. The van der Waals surface area contributed by atoms with Crippen molar-refractivity contribution in [2.24, 2.45) is 23.7 Å². The summed E-state index contributed by atoms with van der Waals surface area (Å²) in [6, 6.07) is 8.97. The number of carbonyl (C=O) groups is 1. The molecule has 2 aromatic rings. The van der Waals surface area contributed by atoms with Gasteiger partial charge >= 0.3 is 0 Å². The number of sulfonamides is 1. The van der Waals surface area contributed by atoms with E-state index in [0.717, 1.165) is 50.8 Å². The van der Waals surface area contributed by atoms with Crippen LogP contribution in [0.25, 0.3) is 0 Å². The number of benzene rings is 2. The van der Waals surface area contributed by atoms with Gasteiger partial charge in [0.25, 0.3) is 5.91 Å². The van der Waals surface area contributed by atoms with Gasteiger partial charge in [-0.1, -0.05) is 36.2 Å². The van der Waals surface area contributed by atoms with Gasteiger partial charge in [-0.3, -0.25) is 9.69 Å². The highest BCUT2D eigenvalue weighted by Crippen LogP contribution is 2.48. The van der Waals surface area contributed by atoms with E-state index in [1.54, 1.807) is 31.2 Å². The summed E-state index contributed by atoms with van der Waals surface area (Å²) < 4.78 is 57.1.